The summed E-state index contributed by atoms with van der Waals surface area (Å²) in [6, 6.07) is 9.38. The van der Waals surface area contributed by atoms with Crippen LogP contribution in [0.25, 0.3) is 21.2 Å². The van der Waals surface area contributed by atoms with Gasteiger partial charge in [0.1, 0.15) is 10.7 Å². The van der Waals surface area contributed by atoms with Gasteiger partial charge in [-0.3, -0.25) is 0 Å². The van der Waals surface area contributed by atoms with Crippen LogP contribution in [0, 0.1) is 5.82 Å². The topological polar surface area (TPSA) is 37.3 Å². The van der Waals surface area contributed by atoms with E-state index in [1.165, 1.54) is 12.1 Å². The number of rotatable bonds is 2. The molecule has 0 aliphatic rings. The fourth-order valence-corrected chi connectivity index (χ4v) is 3.62. The molecule has 0 unspecified atom stereocenters. The van der Waals surface area contributed by atoms with Crippen molar-refractivity contribution in [1.29, 1.82) is 0 Å². The molecule has 21 heavy (non-hydrogen) atoms. The lowest BCUT2D eigenvalue weighted by Crippen LogP contribution is -1.95. The number of hydrogen-bond donors (Lipinski definition) is 1. The number of aromatic carboxylic acids is 1. The van der Waals surface area contributed by atoms with Crippen molar-refractivity contribution in [3.63, 3.8) is 0 Å². The van der Waals surface area contributed by atoms with Gasteiger partial charge in [-0.1, -0.05) is 35.3 Å². The van der Waals surface area contributed by atoms with Gasteiger partial charge >= 0.3 is 5.97 Å². The Hall–Kier alpha value is -1.62. The molecule has 0 saturated heterocycles. The zero-order valence-electron chi connectivity index (χ0n) is 10.4. The van der Waals surface area contributed by atoms with Gasteiger partial charge < -0.3 is 5.11 Å². The van der Waals surface area contributed by atoms with Crippen LogP contribution in [0.2, 0.25) is 10.0 Å². The molecule has 3 aromatic rings. The first kappa shape index (κ1) is 14.3. The summed E-state index contributed by atoms with van der Waals surface area (Å²) in [5.74, 6) is -1.64. The second kappa shape index (κ2) is 5.30. The molecule has 0 bridgehead atoms. The first-order valence-electron chi connectivity index (χ1n) is 5.88. The third-order valence-corrected chi connectivity index (χ3v) is 4.74. The maximum absolute atomic E-state index is 13.7. The van der Waals surface area contributed by atoms with Gasteiger partial charge in [-0.2, -0.15) is 0 Å². The summed E-state index contributed by atoms with van der Waals surface area (Å²) in [4.78, 5) is 11.6. The Morgan fingerprint density at radius 3 is 2.57 bits per heavy atom. The Bertz CT molecular complexity index is 873. The number of fused-ring (bicyclic) bond motifs is 1. The monoisotopic (exact) mass is 340 g/mol. The molecule has 3 rings (SSSR count). The van der Waals surface area contributed by atoms with Crippen LogP contribution in [0.15, 0.2) is 36.4 Å². The Morgan fingerprint density at radius 2 is 1.90 bits per heavy atom. The van der Waals surface area contributed by atoms with Crippen LogP contribution in [0.4, 0.5) is 4.39 Å². The Labute approximate surface area is 133 Å². The van der Waals surface area contributed by atoms with E-state index in [9.17, 15) is 14.3 Å². The van der Waals surface area contributed by atoms with Crippen LogP contribution < -0.4 is 0 Å². The fourth-order valence-electron chi connectivity index (χ4n) is 2.16. The van der Waals surface area contributed by atoms with E-state index < -0.39 is 11.8 Å². The molecule has 1 aromatic heterocycles. The van der Waals surface area contributed by atoms with E-state index in [1.807, 2.05) is 0 Å². The lowest BCUT2D eigenvalue weighted by molar-refractivity contribution is 0.0703. The molecule has 2 aromatic carbocycles. The summed E-state index contributed by atoms with van der Waals surface area (Å²) in [6.07, 6.45) is 0. The van der Waals surface area contributed by atoms with Gasteiger partial charge in [-0.05, 0) is 29.8 Å². The Kier molecular flexibility index (Phi) is 3.61. The highest BCUT2D eigenvalue weighted by Crippen LogP contribution is 2.40. The smallest absolute Gasteiger partial charge is 0.346 e. The number of hydrogen-bond acceptors (Lipinski definition) is 2. The van der Waals surface area contributed by atoms with Crippen LogP contribution in [0.5, 0.6) is 0 Å². The van der Waals surface area contributed by atoms with Crippen LogP contribution in [-0.4, -0.2) is 11.1 Å². The second-order valence-corrected chi connectivity index (χ2v) is 6.28. The molecule has 0 atom stereocenters. The largest absolute Gasteiger partial charge is 0.477 e. The summed E-state index contributed by atoms with van der Waals surface area (Å²) in [6.45, 7) is 0. The highest BCUT2D eigenvalue weighted by atomic mass is 35.5. The maximum Gasteiger partial charge on any atom is 0.346 e. The zero-order chi connectivity index (χ0) is 15.1. The van der Waals surface area contributed by atoms with E-state index in [2.05, 4.69) is 0 Å². The predicted octanol–water partition coefficient (Wildman–Crippen LogP) is 5.71. The van der Waals surface area contributed by atoms with Crippen molar-refractivity contribution in [2.75, 3.05) is 0 Å². The average molecular weight is 341 g/mol. The molecule has 0 amide bonds. The molecule has 0 spiro atoms. The van der Waals surface area contributed by atoms with Crippen molar-refractivity contribution in [1.82, 2.24) is 0 Å². The second-order valence-electron chi connectivity index (χ2n) is 4.38. The third-order valence-electron chi connectivity index (χ3n) is 3.05. The van der Waals surface area contributed by atoms with Crippen molar-refractivity contribution in [3.8, 4) is 11.1 Å². The molecule has 0 aliphatic heterocycles. The number of carboxylic acids is 1. The molecule has 0 fully saturated rings. The van der Waals surface area contributed by atoms with E-state index in [-0.39, 0.29) is 9.90 Å². The maximum atomic E-state index is 13.7. The third kappa shape index (κ3) is 2.50. The molecule has 0 aliphatic carbocycles. The van der Waals surface area contributed by atoms with Crippen molar-refractivity contribution >= 4 is 50.6 Å². The normalized spacial score (nSPS) is 11.0. The van der Waals surface area contributed by atoms with E-state index in [0.29, 0.717) is 16.1 Å². The van der Waals surface area contributed by atoms with Gasteiger partial charge in [0.25, 0.3) is 0 Å². The van der Waals surface area contributed by atoms with Crippen molar-refractivity contribution in [3.05, 3.63) is 57.1 Å². The highest BCUT2D eigenvalue weighted by Gasteiger charge is 2.20. The molecule has 0 saturated carbocycles. The minimum Gasteiger partial charge on any atom is -0.477 e. The zero-order valence-corrected chi connectivity index (χ0v) is 12.7. The van der Waals surface area contributed by atoms with Crippen LogP contribution >= 0.6 is 34.5 Å². The Morgan fingerprint density at radius 1 is 1.14 bits per heavy atom. The van der Waals surface area contributed by atoms with E-state index in [1.54, 1.807) is 24.3 Å². The molecule has 1 N–H and O–H groups in total. The van der Waals surface area contributed by atoms with Crippen LogP contribution in [-0.2, 0) is 0 Å². The van der Waals surface area contributed by atoms with Gasteiger partial charge in [-0.15, -0.1) is 11.3 Å². The average Bonchev–Trinajstić information content (AvgIpc) is 2.80. The lowest BCUT2D eigenvalue weighted by Gasteiger charge is -2.04. The molecule has 6 heteroatoms. The van der Waals surface area contributed by atoms with Gasteiger partial charge in [-0.25, -0.2) is 9.18 Å². The quantitative estimate of drug-likeness (QED) is 0.648. The van der Waals surface area contributed by atoms with Gasteiger partial charge in [0.2, 0.25) is 0 Å². The van der Waals surface area contributed by atoms with Crippen molar-refractivity contribution in [2.24, 2.45) is 0 Å². The van der Waals surface area contributed by atoms with Gasteiger partial charge in [0.05, 0.1) is 5.02 Å². The van der Waals surface area contributed by atoms with Crippen LogP contribution in [0.1, 0.15) is 9.67 Å². The highest BCUT2D eigenvalue weighted by molar-refractivity contribution is 7.21. The number of thiophene rings is 1. The summed E-state index contributed by atoms with van der Waals surface area (Å²) < 4.78 is 14.4. The van der Waals surface area contributed by atoms with E-state index in [0.717, 1.165) is 21.4 Å². The van der Waals surface area contributed by atoms with Crippen molar-refractivity contribution in [2.45, 2.75) is 0 Å². The van der Waals surface area contributed by atoms with Crippen LogP contribution in [0.3, 0.4) is 0 Å². The first-order valence-corrected chi connectivity index (χ1v) is 7.45. The minimum absolute atomic E-state index is 0.00166. The predicted molar refractivity (Wildman–Crippen MR) is 84.2 cm³/mol. The molecule has 2 nitrogen and oxygen atoms in total. The summed E-state index contributed by atoms with van der Waals surface area (Å²) in [5.41, 5.74) is 0.956. The molecule has 0 radical (unpaired) electrons. The summed E-state index contributed by atoms with van der Waals surface area (Å²) >= 11 is 12.7. The van der Waals surface area contributed by atoms with Crippen molar-refractivity contribution < 1.29 is 14.3 Å². The molecule has 1 heterocycles. The standard InChI is InChI=1S/C15H7Cl2FO2S/c16-8-2-3-9-12(6-8)21-14(15(19)20)13(9)7-1-4-10(17)11(18)5-7/h1-6H,(H,19,20). The molecular weight excluding hydrogens is 334 g/mol. The first-order chi connectivity index (χ1) is 9.97. The van der Waals surface area contributed by atoms with Gasteiger partial charge in [0.15, 0.2) is 0 Å². The molecular formula is C15H7Cl2FO2S. The van der Waals surface area contributed by atoms with Gasteiger partial charge in [0, 0.05) is 20.7 Å². The SMILES string of the molecule is O=C(O)c1sc2cc(Cl)ccc2c1-c1ccc(Cl)c(F)c1. The number of carboxylic acid groups (broad SMARTS) is 1. The number of carbonyl (C=O) groups is 1. The lowest BCUT2D eigenvalue weighted by atomic mass is 10.0. The number of benzene rings is 2. The Balaban J connectivity index is 2.36. The number of halogens is 3. The molecule has 106 valence electrons. The fraction of sp³-hybridized carbons (Fsp3) is 0. The van der Waals surface area contributed by atoms with E-state index >= 15 is 0 Å². The van der Waals surface area contributed by atoms with E-state index in [4.69, 9.17) is 23.2 Å². The minimum atomic E-state index is -1.06. The summed E-state index contributed by atoms with van der Waals surface area (Å²) in [7, 11) is 0. The summed E-state index contributed by atoms with van der Waals surface area (Å²) in [5, 5.41) is 10.6.